The molecule has 0 amide bonds. The van der Waals surface area contributed by atoms with Gasteiger partial charge >= 0.3 is 6.18 Å². The fourth-order valence-corrected chi connectivity index (χ4v) is 5.16. The van der Waals surface area contributed by atoms with E-state index in [0.717, 1.165) is 50.0 Å². The van der Waals surface area contributed by atoms with Crippen LogP contribution < -0.4 is 0 Å². The summed E-state index contributed by atoms with van der Waals surface area (Å²) in [6, 6.07) is 24.6. The molecule has 176 valence electrons. The van der Waals surface area contributed by atoms with Crippen molar-refractivity contribution in [2.45, 2.75) is 20.0 Å². The molecule has 2 heterocycles. The van der Waals surface area contributed by atoms with Gasteiger partial charge in [0.15, 0.2) is 0 Å². The first-order valence-corrected chi connectivity index (χ1v) is 11.6. The Labute approximate surface area is 206 Å². The Morgan fingerprint density at radius 3 is 2.17 bits per heavy atom. The molecule has 0 unspecified atom stereocenters. The summed E-state index contributed by atoms with van der Waals surface area (Å²) >= 11 is 0. The number of aryl methyl sites for hydroxylation is 2. The smallest absolute Gasteiger partial charge is 0.256 e. The highest BCUT2D eigenvalue weighted by Crippen LogP contribution is 2.39. The number of nitrogens with zero attached hydrogens (tertiary/aromatic N) is 2. The van der Waals surface area contributed by atoms with Gasteiger partial charge in [0.2, 0.25) is 0 Å². The molecule has 0 saturated carbocycles. The van der Waals surface area contributed by atoms with E-state index in [9.17, 15) is 13.2 Å². The predicted octanol–water partition coefficient (Wildman–Crippen LogP) is 8.91. The lowest BCUT2D eigenvalue weighted by molar-refractivity contribution is -0.136. The van der Waals surface area contributed by atoms with E-state index in [-0.39, 0.29) is 5.52 Å². The topological polar surface area (TPSA) is 25.8 Å². The average Bonchev–Trinajstić information content (AvgIpc) is 2.86. The zero-order chi connectivity index (χ0) is 25.0. The Hall–Kier alpha value is -4.25. The number of aromatic nitrogens is 2. The van der Waals surface area contributed by atoms with E-state index >= 15 is 0 Å². The van der Waals surface area contributed by atoms with Crippen LogP contribution >= 0.6 is 0 Å². The number of pyridine rings is 2. The van der Waals surface area contributed by atoms with E-state index < -0.39 is 11.7 Å². The minimum absolute atomic E-state index is 0.0368. The summed E-state index contributed by atoms with van der Waals surface area (Å²) in [6.07, 6.45) is -1.23. The summed E-state index contributed by atoms with van der Waals surface area (Å²) < 4.78 is 40.7. The lowest BCUT2D eigenvalue weighted by atomic mass is 9.93. The summed E-state index contributed by atoms with van der Waals surface area (Å²) in [5.74, 6) is 0. The number of fused-ring (bicyclic) bond motifs is 4. The summed E-state index contributed by atoms with van der Waals surface area (Å²) in [5, 5.41) is 4.70. The van der Waals surface area contributed by atoms with Crippen molar-refractivity contribution < 1.29 is 13.2 Å². The second-order valence-electron chi connectivity index (χ2n) is 9.19. The van der Waals surface area contributed by atoms with Gasteiger partial charge < -0.3 is 0 Å². The maximum Gasteiger partial charge on any atom is 0.418 e. The highest BCUT2D eigenvalue weighted by Gasteiger charge is 2.33. The molecule has 0 fully saturated rings. The summed E-state index contributed by atoms with van der Waals surface area (Å²) in [7, 11) is 0. The minimum Gasteiger partial charge on any atom is -0.256 e. The Kier molecular flexibility index (Phi) is 5.04. The average molecular weight is 479 g/mol. The second kappa shape index (κ2) is 8.16. The number of benzene rings is 4. The van der Waals surface area contributed by atoms with Crippen LogP contribution in [0.2, 0.25) is 0 Å². The molecule has 0 spiro atoms. The first-order valence-electron chi connectivity index (χ1n) is 11.6. The maximum atomic E-state index is 13.6. The van der Waals surface area contributed by atoms with Gasteiger partial charge in [-0.2, -0.15) is 13.2 Å². The maximum absolute atomic E-state index is 13.6. The van der Waals surface area contributed by atoms with Gasteiger partial charge in [-0.25, -0.2) is 0 Å². The predicted molar refractivity (Wildman–Crippen MR) is 140 cm³/mol. The van der Waals surface area contributed by atoms with Crippen LogP contribution in [0.25, 0.3) is 54.8 Å². The molecule has 36 heavy (non-hydrogen) atoms. The van der Waals surface area contributed by atoms with E-state index in [4.69, 9.17) is 4.98 Å². The standard InChI is InChI=1S/C31H21F3N2/c1-18-14-19(2)16-22(15-18)29-27-8-6-20-17-21(5-7-23(20)25(27)11-13-36-29)24-9-10-28(31(32,33)34)30-26(24)4-3-12-35-30/h3-17H,1-2H3. The van der Waals surface area contributed by atoms with Crippen LogP contribution in [0.5, 0.6) is 0 Å². The van der Waals surface area contributed by atoms with Crippen molar-refractivity contribution in [1.29, 1.82) is 0 Å². The van der Waals surface area contributed by atoms with E-state index in [2.05, 4.69) is 49.2 Å². The van der Waals surface area contributed by atoms with E-state index in [1.165, 1.54) is 23.4 Å². The van der Waals surface area contributed by atoms with Crippen molar-refractivity contribution in [2.24, 2.45) is 0 Å². The van der Waals surface area contributed by atoms with Crippen LogP contribution in [0.3, 0.4) is 0 Å². The SMILES string of the molecule is Cc1cc(C)cc(-c2nccc3c2ccc2cc(-c4ccc(C(F)(F)F)c5ncccc45)ccc23)c1. The molecule has 6 aromatic rings. The van der Waals surface area contributed by atoms with Gasteiger partial charge in [-0.1, -0.05) is 53.6 Å². The lowest BCUT2D eigenvalue weighted by Crippen LogP contribution is -2.06. The van der Waals surface area contributed by atoms with Gasteiger partial charge in [0.1, 0.15) is 0 Å². The van der Waals surface area contributed by atoms with Crippen LogP contribution in [0.4, 0.5) is 13.2 Å². The molecule has 4 aromatic carbocycles. The lowest BCUT2D eigenvalue weighted by Gasteiger charge is -2.14. The monoisotopic (exact) mass is 478 g/mol. The molecular formula is C31H21F3N2. The van der Waals surface area contributed by atoms with Crippen molar-refractivity contribution in [1.82, 2.24) is 9.97 Å². The van der Waals surface area contributed by atoms with Crippen molar-refractivity contribution in [3.05, 3.63) is 108 Å². The van der Waals surface area contributed by atoms with Gasteiger partial charge in [0.05, 0.1) is 16.8 Å². The molecule has 0 radical (unpaired) electrons. The first kappa shape index (κ1) is 22.2. The molecule has 2 aromatic heterocycles. The molecule has 5 heteroatoms. The first-order chi connectivity index (χ1) is 17.3. The van der Waals surface area contributed by atoms with Gasteiger partial charge in [-0.3, -0.25) is 9.97 Å². The van der Waals surface area contributed by atoms with Crippen molar-refractivity contribution in [3.8, 4) is 22.4 Å². The fourth-order valence-electron chi connectivity index (χ4n) is 5.16. The molecule has 0 atom stereocenters. The zero-order valence-corrected chi connectivity index (χ0v) is 19.7. The summed E-state index contributed by atoms with van der Waals surface area (Å²) in [6.45, 7) is 4.16. The molecule has 0 aliphatic carbocycles. The van der Waals surface area contributed by atoms with Crippen LogP contribution in [0.1, 0.15) is 16.7 Å². The Morgan fingerprint density at radius 1 is 0.611 bits per heavy atom. The van der Waals surface area contributed by atoms with Crippen molar-refractivity contribution >= 4 is 32.4 Å². The molecule has 0 N–H and O–H groups in total. The molecule has 2 nitrogen and oxygen atoms in total. The largest absolute Gasteiger partial charge is 0.418 e. The third-order valence-electron chi connectivity index (χ3n) is 6.64. The van der Waals surface area contributed by atoms with E-state index in [1.807, 2.05) is 30.5 Å². The van der Waals surface area contributed by atoms with Crippen LogP contribution in [-0.4, -0.2) is 9.97 Å². The molecule has 0 saturated heterocycles. The Bertz CT molecular complexity index is 1780. The van der Waals surface area contributed by atoms with Crippen LogP contribution in [0, 0.1) is 13.8 Å². The number of hydrogen-bond acceptors (Lipinski definition) is 2. The molecule has 0 bridgehead atoms. The van der Waals surface area contributed by atoms with Crippen LogP contribution in [-0.2, 0) is 6.18 Å². The highest BCUT2D eigenvalue weighted by molar-refractivity contribution is 6.12. The van der Waals surface area contributed by atoms with Gasteiger partial charge in [-0.15, -0.1) is 0 Å². The highest BCUT2D eigenvalue weighted by atomic mass is 19.4. The third kappa shape index (κ3) is 3.68. The van der Waals surface area contributed by atoms with Gasteiger partial charge in [-0.05, 0) is 77.5 Å². The van der Waals surface area contributed by atoms with Gasteiger partial charge in [0.25, 0.3) is 0 Å². The van der Waals surface area contributed by atoms with E-state index in [1.54, 1.807) is 12.1 Å². The molecule has 0 aliphatic heterocycles. The molecule has 0 aliphatic rings. The molecular weight excluding hydrogens is 457 g/mol. The second-order valence-corrected chi connectivity index (χ2v) is 9.19. The quantitative estimate of drug-likeness (QED) is 0.232. The van der Waals surface area contributed by atoms with E-state index in [0.29, 0.717) is 5.39 Å². The third-order valence-corrected chi connectivity index (χ3v) is 6.64. The van der Waals surface area contributed by atoms with Crippen LogP contribution in [0.15, 0.2) is 91.3 Å². The number of alkyl halides is 3. The minimum atomic E-state index is -4.46. The number of rotatable bonds is 2. The van der Waals surface area contributed by atoms with Crippen molar-refractivity contribution in [3.63, 3.8) is 0 Å². The number of halogens is 3. The summed E-state index contributed by atoms with van der Waals surface area (Å²) in [4.78, 5) is 8.76. The number of hydrogen-bond donors (Lipinski definition) is 0. The Morgan fingerprint density at radius 2 is 1.39 bits per heavy atom. The molecule has 6 rings (SSSR count). The Balaban J connectivity index is 1.54. The normalized spacial score (nSPS) is 12.0. The zero-order valence-electron chi connectivity index (χ0n) is 19.7. The van der Waals surface area contributed by atoms with Gasteiger partial charge in [0, 0.05) is 28.7 Å². The summed E-state index contributed by atoms with van der Waals surface area (Å²) in [5.41, 5.74) is 5.20. The fraction of sp³-hybridized carbons (Fsp3) is 0.0968. The van der Waals surface area contributed by atoms with Crippen molar-refractivity contribution in [2.75, 3.05) is 0 Å².